The largest absolute Gasteiger partial charge is 0.493 e. The number of hydrogen-bond acceptors (Lipinski definition) is 7. The minimum Gasteiger partial charge on any atom is -0.493 e. The lowest BCUT2D eigenvalue weighted by atomic mass is 10.2. The number of rotatable bonds is 6. The molecule has 0 spiro atoms. The lowest BCUT2D eigenvalue weighted by Crippen LogP contribution is -2.55. The molecule has 174 valence electrons. The van der Waals surface area contributed by atoms with Crippen LogP contribution in [0.1, 0.15) is 0 Å². The molecule has 1 atom stereocenters. The number of hydrogen-bond donors (Lipinski definition) is 1. The third-order valence-electron chi connectivity index (χ3n) is 5.51. The molecule has 1 saturated heterocycles. The number of ether oxygens (including phenoxy) is 2. The summed E-state index contributed by atoms with van der Waals surface area (Å²) in [7, 11) is 5.21. The molecule has 2 heterocycles. The number of nitrogens with one attached hydrogen (secondary N) is 1. The first-order valence-electron chi connectivity index (χ1n) is 10.1. The van der Waals surface area contributed by atoms with Gasteiger partial charge in [0, 0.05) is 29.5 Å². The van der Waals surface area contributed by atoms with E-state index in [0.29, 0.717) is 52.4 Å². The highest BCUT2D eigenvalue weighted by Gasteiger charge is 2.28. The van der Waals surface area contributed by atoms with Gasteiger partial charge in [-0.1, -0.05) is 11.6 Å². The van der Waals surface area contributed by atoms with Crippen molar-refractivity contribution in [3.05, 3.63) is 45.9 Å². The number of halogens is 3. The van der Waals surface area contributed by atoms with Crippen LogP contribution in [0.15, 0.2) is 35.1 Å². The summed E-state index contributed by atoms with van der Waals surface area (Å²) < 4.78 is 26.6. The van der Waals surface area contributed by atoms with E-state index in [1.165, 1.54) is 13.4 Å². The fraction of sp³-hybridized carbons (Fsp3) is 0.318. The van der Waals surface area contributed by atoms with Crippen molar-refractivity contribution in [3.63, 3.8) is 0 Å². The Hall–Kier alpha value is -2.69. The van der Waals surface area contributed by atoms with Gasteiger partial charge in [0.25, 0.3) is 0 Å². The van der Waals surface area contributed by atoms with Crippen molar-refractivity contribution in [2.45, 2.75) is 6.04 Å². The first-order chi connectivity index (χ1) is 15.8. The van der Waals surface area contributed by atoms with Crippen molar-refractivity contribution < 1.29 is 18.7 Å². The Bertz CT molecular complexity index is 1210. The summed E-state index contributed by atoms with van der Waals surface area (Å²) in [5.41, 5.74) is 0.758. The summed E-state index contributed by atoms with van der Waals surface area (Å²) in [5, 5.41) is 3.57. The van der Waals surface area contributed by atoms with Gasteiger partial charge < -0.3 is 19.7 Å². The van der Waals surface area contributed by atoms with Gasteiger partial charge in [-0.05, 0) is 41.2 Å². The molecule has 1 aliphatic heterocycles. The van der Waals surface area contributed by atoms with Crippen LogP contribution in [0.25, 0.3) is 10.9 Å². The molecule has 4 rings (SSSR count). The highest BCUT2D eigenvalue weighted by atomic mass is 79.9. The number of methoxy groups -OCH3 is 1. The van der Waals surface area contributed by atoms with Gasteiger partial charge in [0.1, 0.15) is 18.8 Å². The number of carbonyl (C=O) groups excluding carboxylic acids is 1. The normalized spacial score (nSPS) is 16.8. The number of benzene rings is 2. The maximum Gasteiger partial charge on any atom is 0.236 e. The third kappa shape index (κ3) is 4.83. The van der Waals surface area contributed by atoms with Crippen molar-refractivity contribution in [1.82, 2.24) is 19.8 Å². The minimum atomic E-state index is -0.596. The molecule has 8 nitrogen and oxygen atoms in total. The number of fused-ring (bicyclic) bond motifs is 1. The van der Waals surface area contributed by atoms with Crippen LogP contribution < -0.4 is 14.8 Å². The first-order valence-corrected chi connectivity index (χ1v) is 11.3. The van der Waals surface area contributed by atoms with Crippen molar-refractivity contribution in [3.8, 4) is 11.5 Å². The molecule has 1 aromatic heterocycles. The van der Waals surface area contributed by atoms with Crippen LogP contribution >= 0.6 is 27.5 Å². The van der Waals surface area contributed by atoms with Crippen molar-refractivity contribution in [2.24, 2.45) is 0 Å². The van der Waals surface area contributed by atoms with Crippen LogP contribution in [-0.4, -0.2) is 72.6 Å². The van der Waals surface area contributed by atoms with Crippen LogP contribution in [0, 0.1) is 5.82 Å². The molecule has 1 N–H and O–H groups in total. The highest BCUT2D eigenvalue weighted by molar-refractivity contribution is 9.10. The second-order valence-corrected chi connectivity index (χ2v) is 8.99. The fourth-order valence-electron chi connectivity index (χ4n) is 3.63. The smallest absolute Gasteiger partial charge is 0.236 e. The Morgan fingerprint density at radius 3 is 2.82 bits per heavy atom. The summed E-state index contributed by atoms with van der Waals surface area (Å²) in [6, 6.07) is 6.58. The zero-order valence-electron chi connectivity index (χ0n) is 18.2. The van der Waals surface area contributed by atoms with Crippen molar-refractivity contribution in [2.75, 3.05) is 46.2 Å². The molecule has 1 amide bonds. The van der Waals surface area contributed by atoms with Crippen LogP contribution in [0.2, 0.25) is 5.02 Å². The minimum absolute atomic E-state index is 0.0246. The van der Waals surface area contributed by atoms with E-state index in [0.717, 1.165) is 0 Å². The zero-order valence-corrected chi connectivity index (χ0v) is 20.6. The second-order valence-electron chi connectivity index (χ2n) is 7.76. The number of likely N-dealkylation sites (N-methyl/N-ethyl adjacent to an activating group) is 2. The molecule has 3 aromatic rings. The van der Waals surface area contributed by atoms with Gasteiger partial charge in [0.05, 0.1) is 35.9 Å². The summed E-state index contributed by atoms with van der Waals surface area (Å²) in [6.07, 6.45) is 1.38. The maximum absolute atomic E-state index is 14.6. The predicted octanol–water partition coefficient (Wildman–Crippen LogP) is 4.09. The number of nitrogens with zero attached hydrogens (tertiary/aromatic N) is 4. The summed E-state index contributed by atoms with van der Waals surface area (Å²) in [4.78, 5) is 24.4. The molecule has 11 heteroatoms. The van der Waals surface area contributed by atoms with E-state index in [1.54, 1.807) is 36.2 Å². The number of aromatic nitrogens is 2. The molecule has 1 fully saturated rings. The molecule has 1 unspecified atom stereocenters. The van der Waals surface area contributed by atoms with Crippen LogP contribution in [-0.2, 0) is 4.79 Å². The van der Waals surface area contributed by atoms with Gasteiger partial charge in [-0.15, -0.1) is 0 Å². The molecule has 0 bridgehead atoms. The lowest BCUT2D eigenvalue weighted by Gasteiger charge is -2.37. The van der Waals surface area contributed by atoms with E-state index in [-0.39, 0.29) is 22.7 Å². The quantitative estimate of drug-likeness (QED) is 0.474. The fourth-order valence-corrected chi connectivity index (χ4v) is 4.10. The number of anilines is 2. The summed E-state index contributed by atoms with van der Waals surface area (Å²) in [5.74, 6) is 0.795. The van der Waals surface area contributed by atoms with E-state index >= 15 is 0 Å². The van der Waals surface area contributed by atoms with Gasteiger partial charge in [-0.25, -0.2) is 14.4 Å². The van der Waals surface area contributed by atoms with Crippen LogP contribution in [0.5, 0.6) is 11.5 Å². The van der Waals surface area contributed by atoms with Crippen molar-refractivity contribution >= 4 is 55.8 Å². The molecule has 1 aliphatic rings. The average molecular weight is 539 g/mol. The van der Waals surface area contributed by atoms with Crippen molar-refractivity contribution in [1.29, 1.82) is 0 Å². The van der Waals surface area contributed by atoms with Gasteiger partial charge in [-0.3, -0.25) is 9.69 Å². The molecule has 0 radical (unpaired) electrons. The van der Waals surface area contributed by atoms with E-state index in [1.807, 2.05) is 11.9 Å². The lowest BCUT2D eigenvalue weighted by molar-refractivity contribution is -0.138. The SMILES string of the molecule is COc1cc2c(Nc3ccc(Br)c(Cl)c3F)ncnc2cc1OCC1CN(C)CC(=O)N1C. The molecular formula is C22H22BrClFN5O3. The van der Waals surface area contributed by atoms with Gasteiger partial charge >= 0.3 is 0 Å². The number of carbonyl (C=O) groups is 1. The third-order valence-corrected chi connectivity index (χ3v) is 6.77. The Morgan fingerprint density at radius 1 is 1.27 bits per heavy atom. The molecule has 0 saturated carbocycles. The maximum atomic E-state index is 14.6. The van der Waals surface area contributed by atoms with Crippen LogP contribution in [0.4, 0.5) is 15.9 Å². The van der Waals surface area contributed by atoms with E-state index in [4.69, 9.17) is 21.1 Å². The van der Waals surface area contributed by atoms with Crippen LogP contribution in [0.3, 0.4) is 0 Å². The Morgan fingerprint density at radius 2 is 2.06 bits per heavy atom. The topological polar surface area (TPSA) is 79.8 Å². The summed E-state index contributed by atoms with van der Waals surface area (Å²) in [6.45, 7) is 1.39. The molecule has 0 aliphatic carbocycles. The van der Waals surface area contributed by atoms with E-state index in [2.05, 4.69) is 31.2 Å². The van der Waals surface area contributed by atoms with Gasteiger partial charge in [0.15, 0.2) is 17.3 Å². The number of piperazine rings is 1. The Balaban J connectivity index is 1.62. The monoisotopic (exact) mass is 537 g/mol. The molecule has 2 aromatic carbocycles. The standard InChI is InChI=1S/C22H22BrClFN5O3/c1-29-8-12(30(2)19(31)9-29)10-33-18-7-16-13(6-17(18)32-3)22(27-11-26-16)28-15-5-4-14(23)20(24)21(15)25/h4-7,11-12H,8-10H2,1-3H3,(H,26,27,28). The predicted molar refractivity (Wildman–Crippen MR) is 128 cm³/mol. The molecule has 33 heavy (non-hydrogen) atoms. The van der Waals surface area contributed by atoms with Gasteiger partial charge in [-0.2, -0.15) is 0 Å². The highest BCUT2D eigenvalue weighted by Crippen LogP contribution is 2.36. The number of amides is 1. The summed E-state index contributed by atoms with van der Waals surface area (Å²) >= 11 is 9.21. The van der Waals surface area contributed by atoms with E-state index < -0.39 is 5.82 Å². The van der Waals surface area contributed by atoms with E-state index in [9.17, 15) is 9.18 Å². The second kappa shape index (κ2) is 9.66. The first kappa shape index (κ1) is 23.5. The van der Waals surface area contributed by atoms with Gasteiger partial charge in [0.2, 0.25) is 5.91 Å². The zero-order chi connectivity index (χ0) is 23.7. The Labute approximate surface area is 203 Å². The Kier molecular flexibility index (Phi) is 6.87. The molecular weight excluding hydrogens is 517 g/mol. The average Bonchev–Trinajstić information content (AvgIpc) is 2.80.